The van der Waals surface area contributed by atoms with E-state index < -0.39 is 0 Å². The number of imidazole rings is 2. The Morgan fingerprint density at radius 3 is 1.93 bits per heavy atom. The molecule has 8 rings (SSSR count). The number of fused-ring (bicyclic) bond motifs is 2. The molecule has 0 unspecified atom stereocenters. The molecule has 0 bridgehead atoms. The topological polar surface area (TPSA) is 65.2 Å². The maximum Gasteiger partial charge on any atom is 0.251 e. The van der Waals surface area contributed by atoms with Crippen molar-refractivity contribution < 1.29 is 9.63 Å². The molecule has 0 saturated carbocycles. The molecule has 2 aromatic heterocycles. The first-order chi connectivity index (χ1) is 22.7. The molecule has 228 valence electrons. The lowest BCUT2D eigenvalue weighted by atomic mass is 9.70. The Balaban J connectivity index is 1.22. The minimum absolute atomic E-state index is 0.0188. The number of aromatic nitrogens is 4. The van der Waals surface area contributed by atoms with Gasteiger partial charge in [0.05, 0.1) is 48.2 Å². The lowest BCUT2D eigenvalue weighted by Crippen LogP contribution is -2.52. The molecule has 6 aromatic rings. The second-order valence-corrected chi connectivity index (χ2v) is 12.3. The van der Waals surface area contributed by atoms with E-state index in [1.165, 1.54) is 11.1 Å². The van der Waals surface area contributed by atoms with Gasteiger partial charge in [0.1, 0.15) is 6.04 Å². The second kappa shape index (κ2) is 12.3. The standard InChI is InChI=1S/C39H35N5O2/c45-39-35-32(25-46-44(39)37(30-17-9-3-10-18-30)31-19-11-4-12-20-31)21-33-38(43(27-41-33)23-29-15-7-2-8-16-29)36(35)34-24-42(26-40-34)22-28-13-5-1-6-14-28/h1-20,24,26-27,32,35-37H,21-23,25H2/t32-,35-,36+/m1/s1. The fourth-order valence-corrected chi connectivity index (χ4v) is 7.24. The van der Waals surface area contributed by atoms with Crippen molar-refractivity contribution >= 4 is 5.91 Å². The highest BCUT2D eigenvalue weighted by Crippen LogP contribution is 2.47. The molecule has 7 heteroatoms. The van der Waals surface area contributed by atoms with E-state index in [1.807, 2.05) is 61.2 Å². The molecule has 1 aliphatic carbocycles. The summed E-state index contributed by atoms with van der Waals surface area (Å²) >= 11 is 0. The van der Waals surface area contributed by atoms with Crippen molar-refractivity contribution in [3.05, 3.63) is 180 Å². The first-order valence-electron chi connectivity index (χ1n) is 15.9. The van der Waals surface area contributed by atoms with E-state index >= 15 is 0 Å². The number of rotatable bonds is 8. The van der Waals surface area contributed by atoms with Gasteiger partial charge in [0.2, 0.25) is 0 Å². The Hall–Kier alpha value is -5.27. The van der Waals surface area contributed by atoms with Gasteiger partial charge in [-0.05, 0) is 28.7 Å². The van der Waals surface area contributed by atoms with Crippen LogP contribution >= 0.6 is 0 Å². The smallest absolute Gasteiger partial charge is 0.251 e. The number of hydrogen-bond acceptors (Lipinski definition) is 4. The molecule has 3 heterocycles. The summed E-state index contributed by atoms with van der Waals surface area (Å²) in [6.07, 6.45) is 6.62. The van der Waals surface area contributed by atoms with Gasteiger partial charge in [-0.25, -0.2) is 15.0 Å². The molecule has 46 heavy (non-hydrogen) atoms. The third-order valence-electron chi connectivity index (χ3n) is 9.35. The molecule has 4 aromatic carbocycles. The largest absolute Gasteiger partial charge is 0.333 e. The number of benzene rings is 4. The van der Waals surface area contributed by atoms with E-state index in [1.54, 1.807) is 5.06 Å². The Kier molecular flexibility index (Phi) is 7.52. The predicted octanol–water partition coefficient (Wildman–Crippen LogP) is 6.66. The highest BCUT2D eigenvalue weighted by Gasteiger charge is 2.51. The van der Waals surface area contributed by atoms with E-state index in [9.17, 15) is 4.79 Å². The van der Waals surface area contributed by atoms with Crippen molar-refractivity contribution in [1.82, 2.24) is 24.2 Å². The summed E-state index contributed by atoms with van der Waals surface area (Å²) < 4.78 is 4.34. The number of nitrogens with zero attached hydrogens (tertiary/aromatic N) is 5. The Bertz CT molecular complexity index is 1880. The molecule has 1 saturated heterocycles. The third-order valence-corrected chi connectivity index (χ3v) is 9.35. The van der Waals surface area contributed by atoms with Crippen LogP contribution in [0.4, 0.5) is 0 Å². The van der Waals surface area contributed by atoms with Crippen molar-refractivity contribution in [3.8, 4) is 0 Å². The molecule has 3 atom stereocenters. The van der Waals surface area contributed by atoms with Crippen LogP contribution in [-0.4, -0.2) is 36.7 Å². The highest BCUT2D eigenvalue weighted by molar-refractivity contribution is 5.82. The van der Waals surface area contributed by atoms with Crippen molar-refractivity contribution in [1.29, 1.82) is 0 Å². The zero-order valence-electron chi connectivity index (χ0n) is 25.5. The summed E-state index contributed by atoms with van der Waals surface area (Å²) in [6, 6.07) is 40.7. The summed E-state index contributed by atoms with van der Waals surface area (Å²) in [5.74, 6) is -0.673. The second-order valence-electron chi connectivity index (χ2n) is 12.3. The fourth-order valence-electron chi connectivity index (χ4n) is 7.24. The van der Waals surface area contributed by atoms with Gasteiger partial charge in [0.25, 0.3) is 5.91 Å². The van der Waals surface area contributed by atoms with Gasteiger partial charge in [-0.15, -0.1) is 0 Å². The quantitative estimate of drug-likeness (QED) is 0.195. The Labute approximate surface area is 268 Å². The molecule has 0 radical (unpaired) electrons. The van der Waals surface area contributed by atoms with E-state index in [-0.39, 0.29) is 29.7 Å². The molecule has 0 N–H and O–H groups in total. The number of hydrogen-bond donors (Lipinski definition) is 0. The average molecular weight is 606 g/mol. The minimum Gasteiger partial charge on any atom is -0.333 e. The van der Waals surface area contributed by atoms with Gasteiger partial charge in [0.15, 0.2) is 0 Å². The van der Waals surface area contributed by atoms with E-state index in [4.69, 9.17) is 14.8 Å². The van der Waals surface area contributed by atoms with Crippen LogP contribution in [0.1, 0.15) is 51.3 Å². The normalized spacial score (nSPS) is 19.2. The number of carbonyl (C=O) groups excluding carboxylic acids is 1. The number of hydroxylamine groups is 2. The maximum atomic E-state index is 15.0. The van der Waals surface area contributed by atoms with Crippen LogP contribution in [0, 0.1) is 11.8 Å². The first kappa shape index (κ1) is 28.2. The van der Waals surface area contributed by atoms with E-state index in [0.717, 1.165) is 28.2 Å². The van der Waals surface area contributed by atoms with Crippen molar-refractivity contribution in [2.75, 3.05) is 6.61 Å². The Morgan fingerprint density at radius 1 is 0.717 bits per heavy atom. The molecule has 1 fully saturated rings. The number of carbonyl (C=O) groups is 1. The monoisotopic (exact) mass is 605 g/mol. The molecule has 0 spiro atoms. The summed E-state index contributed by atoms with van der Waals surface area (Å²) in [4.78, 5) is 31.3. The molecular weight excluding hydrogens is 570 g/mol. The van der Waals surface area contributed by atoms with Gasteiger partial charge < -0.3 is 9.13 Å². The zero-order valence-corrected chi connectivity index (χ0v) is 25.5. The van der Waals surface area contributed by atoms with Crippen molar-refractivity contribution in [2.45, 2.75) is 31.5 Å². The summed E-state index contributed by atoms with van der Waals surface area (Å²) in [6.45, 7) is 1.81. The summed E-state index contributed by atoms with van der Waals surface area (Å²) in [5, 5.41) is 1.64. The highest BCUT2D eigenvalue weighted by atomic mass is 16.7. The van der Waals surface area contributed by atoms with Crippen LogP contribution in [0.15, 0.2) is 140 Å². The minimum atomic E-state index is -0.372. The molecule has 1 aliphatic heterocycles. The van der Waals surface area contributed by atoms with Crippen LogP contribution in [0.5, 0.6) is 0 Å². The zero-order chi connectivity index (χ0) is 30.9. The first-order valence-corrected chi connectivity index (χ1v) is 15.9. The Morgan fingerprint density at radius 2 is 1.30 bits per heavy atom. The fraction of sp³-hybridized carbons (Fsp3) is 0.205. The molecule has 1 amide bonds. The van der Waals surface area contributed by atoms with Gasteiger partial charge in [-0.1, -0.05) is 121 Å². The number of amides is 1. The lowest BCUT2D eigenvalue weighted by Gasteiger charge is -2.45. The van der Waals surface area contributed by atoms with Gasteiger partial charge >= 0.3 is 0 Å². The van der Waals surface area contributed by atoms with Crippen LogP contribution in [0.2, 0.25) is 0 Å². The van der Waals surface area contributed by atoms with E-state index in [2.05, 4.69) is 88.1 Å². The van der Waals surface area contributed by atoms with E-state index in [0.29, 0.717) is 26.1 Å². The van der Waals surface area contributed by atoms with Gasteiger partial charge in [-0.3, -0.25) is 9.63 Å². The maximum absolute atomic E-state index is 15.0. The third kappa shape index (κ3) is 5.33. The summed E-state index contributed by atoms with van der Waals surface area (Å²) in [7, 11) is 0. The predicted molar refractivity (Wildman–Crippen MR) is 176 cm³/mol. The lowest BCUT2D eigenvalue weighted by molar-refractivity contribution is -0.229. The van der Waals surface area contributed by atoms with Crippen LogP contribution in [0.3, 0.4) is 0 Å². The van der Waals surface area contributed by atoms with Gasteiger partial charge in [0, 0.05) is 25.2 Å². The van der Waals surface area contributed by atoms with Crippen molar-refractivity contribution in [3.63, 3.8) is 0 Å². The van der Waals surface area contributed by atoms with Crippen LogP contribution < -0.4 is 0 Å². The van der Waals surface area contributed by atoms with Crippen LogP contribution in [0.25, 0.3) is 0 Å². The van der Waals surface area contributed by atoms with Crippen molar-refractivity contribution in [2.24, 2.45) is 11.8 Å². The van der Waals surface area contributed by atoms with Crippen LogP contribution in [-0.2, 0) is 29.1 Å². The van der Waals surface area contributed by atoms with Gasteiger partial charge in [-0.2, -0.15) is 0 Å². The molecule has 7 nitrogen and oxygen atoms in total. The average Bonchev–Trinajstić information content (AvgIpc) is 3.74. The molecular formula is C39H35N5O2. The SMILES string of the molecule is O=C1[C@@H]2[C@@H](CON1C(c1ccccc1)c1ccccc1)Cc1ncn(Cc3ccccc3)c1[C@H]2c1cn(Cc2ccccc2)cn1. The molecule has 2 aliphatic rings. The summed E-state index contributed by atoms with van der Waals surface area (Å²) in [5.41, 5.74) is 7.38.